The molecule has 148 valence electrons. The fourth-order valence-corrected chi connectivity index (χ4v) is 2.23. The van der Waals surface area contributed by atoms with Crippen molar-refractivity contribution in [3.63, 3.8) is 0 Å². The standard InChI is InChI=1S/C20H23N3O5/c1-14(28-17-9-7-16(24)8-10-17)19(26)22-12-11-21-18(25)13-23-20(27)15-5-3-2-4-6-15/h2-10,14,24H,11-13H2,1H3,(H,21,25)(H,22,26)(H,23,27). The molecule has 0 fully saturated rings. The summed E-state index contributed by atoms with van der Waals surface area (Å²) in [5, 5.41) is 17.0. The molecule has 2 rings (SSSR count). The first-order valence-electron chi connectivity index (χ1n) is 8.79. The van der Waals surface area contributed by atoms with E-state index in [4.69, 9.17) is 4.74 Å². The lowest BCUT2D eigenvalue weighted by Crippen LogP contribution is -2.43. The van der Waals surface area contributed by atoms with E-state index in [-0.39, 0.29) is 43.1 Å². The molecule has 0 saturated heterocycles. The summed E-state index contributed by atoms with van der Waals surface area (Å²) in [5.74, 6) is -0.445. The van der Waals surface area contributed by atoms with Gasteiger partial charge in [0, 0.05) is 18.7 Å². The number of ether oxygens (including phenoxy) is 1. The first-order chi connectivity index (χ1) is 13.5. The lowest BCUT2D eigenvalue weighted by molar-refractivity contribution is -0.127. The zero-order valence-electron chi connectivity index (χ0n) is 15.5. The highest BCUT2D eigenvalue weighted by Crippen LogP contribution is 2.17. The van der Waals surface area contributed by atoms with Crippen molar-refractivity contribution in [1.29, 1.82) is 0 Å². The summed E-state index contributed by atoms with van der Waals surface area (Å²) in [6.07, 6.45) is -0.731. The maximum absolute atomic E-state index is 12.0. The van der Waals surface area contributed by atoms with Crippen molar-refractivity contribution >= 4 is 17.7 Å². The summed E-state index contributed by atoms with van der Waals surface area (Å²) >= 11 is 0. The molecule has 8 heteroatoms. The quantitative estimate of drug-likeness (QED) is 0.477. The van der Waals surface area contributed by atoms with Gasteiger partial charge in [-0.15, -0.1) is 0 Å². The first kappa shape index (κ1) is 20.8. The van der Waals surface area contributed by atoms with Crippen molar-refractivity contribution in [3.05, 3.63) is 60.2 Å². The van der Waals surface area contributed by atoms with Gasteiger partial charge >= 0.3 is 0 Å². The Labute approximate surface area is 162 Å². The minimum Gasteiger partial charge on any atom is -0.508 e. The minimum atomic E-state index is -0.731. The Balaban J connectivity index is 1.60. The summed E-state index contributed by atoms with van der Waals surface area (Å²) in [7, 11) is 0. The Morgan fingerprint density at radius 3 is 2.25 bits per heavy atom. The average molecular weight is 385 g/mol. The van der Waals surface area contributed by atoms with E-state index < -0.39 is 6.10 Å². The zero-order valence-corrected chi connectivity index (χ0v) is 15.5. The molecule has 1 atom stereocenters. The second-order valence-electron chi connectivity index (χ2n) is 5.94. The summed E-state index contributed by atoms with van der Waals surface area (Å²) in [4.78, 5) is 35.6. The predicted octanol–water partition coefficient (Wildman–Crippen LogP) is 0.822. The van der Waals surface area contributed by atoms with Crippen molar-refractivity contribution in [2.24, 2.45) is 0 Å². The van der Waals surface area contributed by atoms with Gasteiger partial charge in [0.1, 0.15) is 11.5 Å². The Hall–Kier alpha value is -3.55. The monoisotopic (exact) mass is 385 g/mol. The van der Waals surface area contributed by atoms with Crippen LogP contribution in [0.25, 0.3) is 0 Å². The minimum absolute atomic E-state index is 0.111. The van der Waals surface area contributed by atoms with Crippen LogP contribution in [0.1, 0.15) is 17.3 Å². The van der Waals surface area contributed by atoms with Crippen LogP contribution in [0.4, 0.5) is 0 Å². The molecule has 0 saturated carbocycles. The maximum Gasteiger partial charge on any atom is 0.260 e. The van der Waals surface area contributed by atoms with Gasteiger partial charge in [-0.3, -0.25) is 14.4 Å². The third-order valence-corrected chi connectivity index (χ3v) is 3.71. The van der Waals surface area contributed by atoms with Gasteiger partial charge in [-0.2, -0.15) is 0 Å². The maximum atomic E-state index is 12.0. The topological polar surface area (TPSA) is 117 Å². The number of phenolic OH excluding ortho intramolecular Hbond substituents is 1. The molecule has 0 aliphatic carbocycles. The fourth-order valence-electron chi connectivity index (χ4n) is 2.23. The number of carbonyl (C=O) groups excluding carboxylic acids is 3. The molecule has 0 aliphatic rings. The molecule has 3 amide bonds. The van der Waals surface area contributed by atoms with Gasteiger partial charge in [0.25, 0.3) is 11.8 Å². The summed E-state index contributed by atoms with van der Waals surface area (Å²) < 4.78 is 5.46. The molecule has 0 spiro atoms. The molecule has 1 unspecified atom stereocenters. The zero-order chi connectivity index (χ0) is 20.4. The van der Waals surface area contributed by atoms with Gasteiger partial charge in [-0.1, -0.05) is 18.2 Å². The Morgan fingerprint density at radius 2 is 1.57 bits per heavy atom. The van der Waals surface area contributed by atoms with Crippen molar-refractivity contribution in [2.75, 3.05) is 19.6 Å². The van der Waals surface area contributed by atoms with Crippen LogP contribution in [0.3, 0.4) is 0 Å². The number of rotatable bonds is 9. The SMILES string of the molecule is CC(Oc1ccc(O)cc1)C(=O)NCCNC(=O)CNC(=O)c1ccccc1. The molecule has 0 aliphatic heterocycles. The number of aromatic hydroxyl groups is 1. The van der Waals surface area contributed by atoms with Crippen molar-refractivity contribution in [2.45, 2.75) is 13.0 Å². The number of benzene rings is 2. The number of hydrogen-bond acceptors (Lipinski definition) is 5. The smallest absolute Gasteiger partial charge is 0.260 e. The number of carbonyl (C=O) groups is 3. The Bertz CT molecular complexity index is 793. The molecular weight excluding hydrogens is 362 g/mol. The van der Waals surface area contributed by atoms with Crippen LogP contribution in [-0.4, -0.2) is 48.6 Å². The summed E-state index contributed by atoms with van der Waals surface area (Å²) in [6.45, 7) is 1.89. The highest BCUT2D eigenvalue weighted by atomic mass is 16.5. The molecule has 0 bridgehead atoms. The van der Waals surface area contributed by atoms with Gasteiger partial charge < -0.3 is 25.8 Å². The fraction of sp³-hybridized carbons (Fsp3) is 0.250. The van der Waals surface area contributed by atoms with Crippen LogP contribution < -0.4 is 20.7 Å². The summed E-state index contributed by atoms with van der Waals surface area (Å²) in [5.41, 5.74) is 0.477. The van der Waals surface area contributed by atoms with Crippen molar-refractivity contribution < 1.29 is 24.2 Å². The molecule has 4 N–H and O–H groups in total. The Morgan fingerprint density at radius 1 is 0.929 bits per heavy atom. The van der Waals surface area contributed by atoms with Crippen molar-refractivity contribution in [1.82, 2.24) is 16.0 Å². The molecule has 0 radical (unpaired) electrons. The van der Waals surface area contributed by atoms with Crippen LogP contribution in [0.5, 0.6) is 11.5 Å². The van der Waals surface area contributed by atoms with Gasteiger partial charge in [-0.05, 0) is 43.3 Å². The van der Waals surface area contributed by atoms with Crippen LogP contribution in [0.15, 0.2) is 54.6 Å². The highest BCUT2D eigenvalue weighted by Gasteiger charge is 2.14. The van der Waals surface area contributed by atoms with Crippen LogP contribution >= 0.6 is 0 Å². The van der Waals surface area contributed by atoms with E-state index in [9.17, 15) is 19.5 Å². The molecule has 28 heavy (non-hydrogen) atoms. The lowest BCUT2D eigenvalue weighted by atomic mass is 10.2. The molecular formula is C20H23N3O5. The van der Waals surface area contributed by atoms with Gasteiger partial charge in [0.05, 0.1) is 6.54 Å². The van der Waals surface area contributed by atoms with E-state index in [0.717, 1.165) is 0 Å². The second-order valence-corrected chi connectivity index (χ2v) is 5.94. The van der Waals surface area contributed by atoms with Crippen LogP contribution in [0.2, 0.25) is 0 Å². The third kappa shape index (κ3) is 6.99. The van der Waals surface area contributed by atoms with E-state index in [0.29, 0.717) is 11.3 Å². The molecule has 2 aromatic rings. The van der Waals surface area contributed by atoms with E-state index in [1.54, 1.807) is 49.4 Å². The highest BCUT2D eigenvalue weighted by molar-refractivity contribution is 5.96. The second kappa shape index (κ2) is 10.6. The lowest BCUT2D eigenvalue weighted by Gasteiger charge is -2.15. The van der Waals surface area contributed by atoms with Crippen molar-refractivity contribution in [3.8, 4) is 11.5 Å². The average Bonchev–Trinajstić information content (AvgIpc) is 2.71. The molecule has 0 aromatic heterocycles. The van der Waals surface area contributed by atoms with E-state index in [2.05, 4.69) is 16.0 Å². The molecule has 2 aromatic carbocycles. The van der Waals surface area contributed by atoms with E-state index in [1.807, 2.05) is 0 Å². The first-order valence-corrected chi connectivity index (χ1v) is 8.79. The van der Waals surface area contributed by atoms with E-state index >= 15 is 0 Å². The number of nitrogens with one attached hydrogen (secondary N) is 3. The van der Waals surface area contributed by atoms with Gasteiger partial charge in [0.2, 0.25) is 5.91 Å². The van der Waals surface area contributed by atoms with Gasteiger partial charge in [-0.25, -0.2) is 0 Å². The molecule has 0 heterocycles. The third-order valence-electron chi connectivity index (χ3n) is 3.71. The van der Waals surface area contributed by atoms with Gasteiger partial charge in [0.15, 0.2) is 6.10 Å². The number of hydrogen-bond donors (Lipinski definition) is 4. The van der Waals surface area contributed by atoms with Crippen LogP contribution in [-0.2, 0) is 9.59 Å². The number of amides is 3. The summed E-state index contributed by atoms with van der Waals surface area (Å²) in [6, 6.07) is 14.6. The largest absolute Gasteiger partial charge is 0.508 e. The number of phenols is 1. The Kier molecular flexibility index (Phi) is 7.83. The normalized spacial score (nSPS) is 11.2. The predicted molar refractivity (Wildman–Crippen MR) is 103 cm³/mol. The van der Waals surface area contributed by atoms with E-state index in [1.165, 1.54) is 12.1 Å². The van der Waals surface area contributed by atoms with Crippen LogP contribution in [0, 0.1) is 0 Å². The molecule has 8 nitrogen and oxygen atoms in total.